The van der Waals surface area contributed by atoms with Crippen LogP contribution in [0, 0.1) is 0 Å². The standard InChI is InChI=1S/C10H12N4S2/c1-2-6-11-8-4-3-5-9(13-8)16-10-14-12-7-15-10/h3-5,7H,2,6H2,1H3,(H,11,13). The van der Waals surface area contributed by atoms with Gasteiger partial charge < -0.3 is 5.32 Å². The number of nitrogens with one attached hydrogen (secondary N) is 1. The highest BCUT2D eigenvalue weighted by Gasteiger charge is 2.02. The summed E-state index contributed by atoms with van der Waals surface area (Å²) in [6, 6.07) is 5.94. The van der Waals surface area contributed by atoms with Gasteiger partial charge in [0.25, 0.3) is 0 Å². The topological polar surface area (TPSA) is 50.7 Å². The summed E-state index contributed by atoms with van der Waals surface area (Å²) in [6.07, 6.45) is 1.09. The summed E-state index contributed by atoms with van der Waals surface area (Å²) in [7, 11) is 0. The fraction of sp³-hybridized carbons (Fsp3) is 0.300. The summed E-state index contributed by atoms with van der Waals surface area (Å²) >= 11 is 3.06. The zero-order valence-electron chi connectivity index (χ0n) is 8.88. The normalized spacial score (nSPS) is 10.3. The number of aromatic nitrogens is 3. The molecule has 0 unspecified atom stereocenters. The molecule has 0 amide bonds. The second kappa shape index (κ2) is 5.81. The Morgan fingerprint density at radius 1 is 1.44 bits per heavy atom. The van der Waals surface area contributed by atoms with Crippen LogP contribution in [0.5, 0.6) is 0 Å². The summed E-state index contributed by atoms with van der Waals surface area (Å²) < 4.78 is 0.917. The summed E-state index contributed by atoms with van der Waals surface area (Å²) in [4.78, 5) is 4.48. The smallest absolute Gasteiger partial charge is 0.180 e. The van der Waals surface area contributed by atoms with E-state index in [1.165, 1.54) is 23.1 Å². The first kappa shape index (κ1) is 11.3. The van der Waals surface area contributed by atoms with Gasteiger partial charge in [0.1, 0.15) is 16.4 Å². The highest BCUT2D eigenvalue weighted by atomic mass is 32.2. The first-order valence-corrected chi connectivity index (χ1v) is 6.73. The predicted molar refractivity (Wildman–Crippen MR) is 67.0 cm³/mol. The van der Waals surface area contributed by atoms with Gasteiger partial charge >= 0.3 is 0 Å². The fourth-order valence-corrected chi connectivity index (χ4v) is 2.53. The molecule has 0 aliphatic heterocycles. The van der Waals surface area contributed by atoms with Crippen molar-refractivity contribution in [3.05, 3.63) is 23.7 Å². The Kier molecular flexibility index (Phi) is 4.12. The molecule has 0 atom stereocenters. The Morgan fingerprint density at radius 2 is 2.38 bits per heavy atom. The molecule has 0 aliphatic carbocycles. The van der Waals surface area contributed by atoms with Crippen LogP contribution < -0.4 is 5.32 Å². The molecule has 2 aromatic rings. The number of hydrogen-bond donors (Lipinski definition) is 1. The maximum Gasteiger partial charge on any atom is 0.180 e. The minimum atomic E-state index is 0.913. The molecule has 0 spiro atoms. The van der Waals surface area contributed by atoms with Crippen LogP contribution in [0.15, 0.2) is 33.1 Å². The monoisotopic (exact) mass is 252 g/mol. The van der Waals surface area contributed by atoms with E-state index in [0.717, 1.165) is 28.1 Å². The van der Waals surface area contributed by atoms with E-state index in [4.69, 9.17) is 0 Å². The van der Waals surface area contributed by atoms with Crippen LogP contribution in [0.2, 0.25) is 0 Å². The molecule has 4 nitrogen and oxygen atoms in total. The van der Waals surface area contributed by atoms with E-state index in [1.807, 2.05) is 18.2 Å². The van der Waals surface area contributed by atoms with E-state index in [2.05, 4.69) is 27.4 Å². The molecular formula is C10H12N4S2. The molecule has 0 radical (unpaired) electrons. The van der Waals surface area contributed by atoms with Gasteiger partial charge in [-0.3, -0.25) is 0 Å². The maximum absolute atomic E-state index is 4.48. The third-order valence-corrected chi connectivity index (χ3v) is 3.53. The molecule has 6 heteroatoms. The number of nitrogens with zero attached hydrogens (tertiary/aromatic N) is 3. The van der Waals surface area contributed by atoms with Gasteiger partial charge in [-0.2, -0.15) is 0 Å². The van der Waals surface area contributed by atoms with Gasteiger partial charge in [-0.15, -0.1) is 10.2 Å². The zero-order chi connectivity index (χ0) is 11.2. The third-order valence-electron chi connectivity index (χ3n) is 1.81. The van der Waals surface area contributed by atoms with Crippen LogP contribution in [0.3, 0.4) is 0 Å². The number of rotatable bonds is 5. The van der Waals surface area contributed by atoms with Crippen LogP contribution in [0.25, 0.3) is 0 Å². The molecule has 16 heavy (non-hydrogen) atoms. The van der Waals surface area contributed by atoms with Crippen molar-refractivity contribution in [3.8, 4) is 0 Å². The van der Waals surface area contributed by atoms with Gasteiger partial charge in [-0.05, 0) is 30.3 Å². The molecule has 0 saturated heterocycles. The van der Waals surface area contributed by atoms with Crippen molar-refractivity contribution in [1.29, 1.82) is 0 Å². The number of hydrogen-bond acceptors (Lipinski definition) is 6. The van der Waals surface area contributed by atoms with Gasteiger partial charge in [0.2, 0.25) is 0 Å². The van der Waals surface area contributed by atoms with Gasteiger partial charge in [0.15, 0.2) is 4.34 Å². The lowest BCUT2D eigenvalue weighted by molar-refractivity contribution is 0.958. The van der Waals surface area contributed by atoms with E-state index in [1.54, 1.807) is 5.51 Å². The Bertz CT molecular complexity index is 430. The maximum atomic E-state index is 4.48. The van der Waals surface area contributed by atoms with Crippen molar-refractivity contribution in [2.45, 2.75) is 22.7 Å². The SMILES string of the molecule is CCCNc1cccc(Sc2nncs2)n1. The van der Waals surface area contributed by atoms with Crippen molar-refractivity contribution in [1.82, 2.24) is 15.2 Å². The molecule has 0 fully saturated rings. The van der Waals surface area contributed by atoms with Crippen LogP contribution in [0.4, 0.5) is 5.82 Å². The molecule has 1 N–H and O–H groups in total. The highest BCUT2D eigenvalue weighted by molar-refractivity contribution is 8.00. The molecule has 2 heterocycles. The fourth-order valence-electron chi connectivity index (χ4n) is 1.12. The lowest BCUT2D eigenvalue weighted by Crippen LogP contribution is -2.01. The number of anilines is 1. The average molecular weight is 252 g/mol. The second-order valence-corrected chi connectivity index (χ2v) is 5.20. The van der Waals surface area contributed by atoms with Crippen molar-refractivity contribution in [2.24, 2.45) is 0 Å². The highest BCUT2D eigenvalue weighted by Crippen LogP contribution is 2.27. The van der Waals surface area contributed by atoms with Crippen molar-refractivity contribution in [2.75, 3.05) is 11.9 Å². The molecule has 0 aliphatic rings. The summed E-state index contributed by atoms with van der Waals surface area (Å²) in [5.74, 6) is 0.913. The summed E-state index contributed by atoms with van der Waals surface area (Å²) in [6.45, 7) is 3.08. The van der Waals surface area contributed by atoms with Crippen LogP contribution in [-0.2, 0) is 0 Å². The van der Waals surface area contributed by atoms with E-state index in [0.29, 0.717) is 0 Å². The van der Waals surface area contributed by atoms with Crippen molar-refractivity contribution < 1.29 is 0 Å². The molecule has 0 bridgehead atoms. The number of pyridine rings is 1. The largest absolute Gasteiger partial charge is 0.370 e. The molecule has 0 aromatic carbocycles. The third kappa shape index (κ3) is 3.18. The molecular weight excluding hydrogens is 240 g/mol. The summed E-state index contributed by atoms with van der Waals surface area (Å²) in [5, 5.41) is 12.0. The van der Waals surface area contributed by atoms with Crippen molar-refractivity contribution >= 4 is 28.9 Å². The lowest BCUT2D eigenvalue weighted by atomic mass is 10.4. The molecule has 0 saturated carbocycles. The first-order chi connectivity index (χ1) is 7.88. The van der Waals surface area contributed by atoms with E-state index < -0.39 is 0 Å². The minimum Gasteiger partial charge on any atom is -0.370 e. The Hall–Kier alpha value is -1.14. The van der Waals surface area contributed by atoms with E-state index in [9.17, 15) is 0 Å². The van der Waals surface area contributed by atoms with Gasteiger partial charge in [0.05, 0.1) is 0 Å². The van der Waals surface area contributed by atoms with E-state index in [-0.39, 0.29) is 0 Å². The quantitative estimate of drug-likeness (QED) is 0.886. The lowest BCUT2D eigenvalue weighted by Gasteiger charge is -2.04. The Labute approximate surface area is 103 Å². The second-order valence-electron chi connectivity index (χ2n) is 3.09. The average Bonchev–Trinajstić information content (AvgIpc) is 2.80. The van der Waals surface area contributed by atoms with Crippen molar-refractivity contribution in [3.63, 3.8) is 0 Å². The van der Waals surface area contributed by atoms with E-state index >= 15 is 0 Å². The molecule has 2 aromatic heterocycles. The van der Waals surface area contributed by atoms with Gasteiger partial charge in [-0.25, -0.2) is 4.98 Å². The van der Waals surface area contributed by atoms with Crippen LogP contribution in [-0.4, -0.2) is 21.7 Å². The van der Waals surface area contributed by atoms with Gasteiger partial charge in [0, 0.05) is 6.54 Å². The summed E-state index contributed by atoms with van der Waals surface area (Å²) in [5.41, 5.74) is 1.72. The zero-order valence-corrected chi connectivity index (χ0v) is 10.5. The Morgan fingerprint density at radius 3 is 3.12 bits per heavy atom. The first-order valence-electron chi connectivity index (χ1n) is 5.03. The predicted octanol–water partition coefficient (Wildman–Crippen LogP) is 2.91. The molecule has 2 rings (SSSR count). The van der Waals surface area contributed by atoms with Crippen LogP contribution >= 0.6 is 23.1 Å². The molecule has 84 valence electrons. The van der Waals surface area contributed by atoms with Gasteiger partial charge in [-0.1, -0.05) is 24.3 Å². The Balaban J connectivity index is 2.04. The minimum absolute atomic E-state index is 0.913. The van der Waals surface area contributed by atoms with Crippen LogP contribution in [0.1, 0.15) is 13.3 Å².